The molecule has 0 amide bonds. The smallest absolute Gasteiger partial charge is 0.385 e. The van der Waals surface area contributed by atoms with Crippen LogP contribution < -0.4 is 11.3 Å². The number of hydrogen-bond donors (Lipinski definition) is 5. The van der Waals surface area contributed by atoms with Gasteiger partial charge in [0.2, 0.25) is 0 Å². The fourth-order valence-electron chi connectivity index (χ4n) is 5.02. The summed E-state index contributed by atoms with van der Waals surface area (Å²) >= 11 is 9.16. The third-order valence-corrected chi connectivity index (χ3v) is 10.0. The number of nitrogens with one attached hydrogen (secondary N) is 1. The van der Waals surface area contributed by atoms with Crippen LogP contribution in [0.1, 0.15) is 12.5 Å². The van der Waals surface area contributed by atoms with E-state index >= 15 is 4.39 Å². The lowest BCUT2D eigenvalue weighted by Crippen LogP contribution is -2.37. The number of aromatic amines is 1. The summed E-state index contributed by atoms with van der Waals surface area (Å²) in [5, 5.41) is 17.0. The Kier molecular flexibility index (Phi) is 7.19. The molecule has 3 aliphatic rings. The summed E-state index contributed by atoms with van der Waals surface area (Å²) in [5.41, 5.74) is 5.68. The van der Waals surface area contributed by atoms with Gasteiger partial charge in [0.1, 0.15) is 36.3 Å². The second-order valence-electron chi connectivity index (χ2n) is 9.54. The minimum Gasteiger partial charge on any atom is -0.385 e. The van der Waals surface area contributed by atoms with Crippen molar-refractivity contribution < 1.29 is 46.5 Å². The zero-order valence-electron chi connectivity index (χ0n) is 21.1. The van der Waals surface area contributed by atoms with E-state index in [9.17, 15) is 19.4 Å². The number of nitrogens with two attached hydrogens (primary N) is 1. The molecule has 0 radical (unpaired) electrons. The highest BCUT2D eigenvalue weighted by atomic mass is 32.7. The van der Waals surface area contributed by atoms with Crippen molar-refractivity contribution in [1.29, 1.82) is 0 Å². The van der Waals surface area contributed by atoms with Gasteiger partial charge in [0.15, 0.2) is 41.9 Å². The van der Waals surface area contributed by atoms with Crippen molar-refractivity contribution in [3.8, 4) is 0 Å². The quantitative estimate of drug-likeness (QED) is 0.139. The fourth-order valence-corrected chi connectivity index (χ4v) is 8.09. The van der Waals surface area contributed by atoms with Crippen LogP contribution in [0, 0.1) is 0 Å². The second kappa shape index (κ2) is 10.6. The van der Waals surface area contributed by atoms with Gasteiger partial charge >= 0.3 is 13.5 Å². The molecule has 0 aromatic carbocycles. The standard InChI is InChI=1S/C19H20FN9O10P2S2/c20-8-12-7(35-17(8)29-5-25-10-14(21)22-3-23-15(10)29)2-34-40(32,42)38-13-11(30)19(39-41(33,43)37-12)36-18(13)28-4-24-9-6(28)1-26-27-16(9)31/h1,3-5,7-8,11-13,17-19,30H,2H2,(H,27,31)(H,32,42)(H,33,43)(H2,21,22,23)/t7-,8-,11+,12-,13-,17-,18?,19-,40?,41?/m1/s1. The molecule has 3 unspecified atom stereocenters. The highest BCUT2D eigenvalue weighted by Crippen LogP contribution is 2.60. The second-order valence-corrected chi connectivity index (χ2v) is 15.2. The average Bonchev–Trinajstić information content (AvgIpc) is 3.70. The molecular weight excluding hydrogens is 659 g/mol. The fraction of sp³-hybridized carbons (Fsp3) is 0.474. The number of fused-ring (bicyclic) bond motifs is 5. The molecule has 0 spiro atoms. The third-order valence-electron chi connectivity index (χ3n) is 6.92. The number of aromatic nitrogens is 8. The minimum atomic E-state index is -4.54. The maximum atomic E-state index is 16.0. The average molecular weight is 680 g/mol. The summed E-state index contributed by atoms with van der Waals surface area (Å²) in [6, 6.07) is 0. The number of aliphatic hydroxyl groups is 1. The Morgan fingerprint density at radius 1 is 1.09 bits per heavy atom. The molecule has 43 heavy (non-hydrogen) atoms. The minimum absolute atomic E-state index is 0.0228. The molecule has 4 aromatic heterocycles. The molecule has 5 N–H and O–H groups in total. The van der Waals surface area contributed by atoms with Crippen LogP contribution in [0.3, 0.4) is 0 Å². The first-order chi connectivity index (χ1) is 20.4. The number of hydrogen-bond acceptors (Lipinski definition) is 16. The monoisotopic (exact) mass is 679 g/mol. The first kappa shape index (κ1) is 29.3. The van der Waals surface area contributed by atoms with Gasteiger partial charge in [-0.15, -0.1) is 0 Å². The van der Waals surface area contributed by atoms with Crippen molar-refractivity contribution in [2.75, 3.05) is 12.3 Å². The van der Waals surface area contributed by atoms with Gasteiger partial charge in [-0.25, -0.2) is 34.0 Å². The van der Waals surface area contributed by atoms with Crippen LogP contribution in [0.4, 0.5) is 10.2 Å². The summed E-state index contributed by atoms with van der Waals surface area (Å²) in [4.78, 5) is 39.1. The number of alkyl halides is 1. The molecule has 0 saturated carbocycles. The van der Waals surface area contributed by atoms with E-state index < -0.39 is 75.0 Å². The van der Waals surface area contributed by atoms with E-state index in [1.54, 1.807) is 0 Å². The zero-order valence-corrected chi connectivity index (χ0v) is 24.6. The SMILES string of the molecule is Nc1ncnc2c1ncn2[C@@H]1O[C@@H]2COP(O)(=S)O[C@H]3C(n4cnc5c(=O)[nH]ncc54)O[C@H](OP(=O)(S)O[C@H]2[C@H]1F)[C@H]3O. The predicted octanol–water partition coefficient (Wildman–Crippen LogP) is 0.0649. The van der Waals surface area contributed by atoms with Gasteiger partial charge in [-0.3, -0.25) is 27.5 Å². The van der Waals surface area contributed by atoms with Crippen LogP contribution in [0.5, 0.6) is 0 Å². The summed E-state index contributed by atoms with van der Waals surface area (Å²) in [6.07, 6.45) is -8.09. The molecule has 0 aliphatic carbocycles. The van der Waals surface area contributed by atoms with Crippen molar-refractivity contribution in [3.63, 3.8) is 0 Å². The summed E-state index contributed by atoms with van der Waals surface area (Å²) < 4.78 is 65.6. The molecule has 2 bridgehead atoms. The van der Waals surface area contributed by atoms with Gasteiger partial charge in [-0.1, -0.05) is 12.2 Å². The first-order valence-corrected chi connectivity index (χ1v) is 17.5. The lowest BCUT2D eigenvalue weighted by molar-refractivity contribution is -0.130. The molecule has 19 nitrogen and oxygen atoms in total. The first-order valence-electron chi connectivity index (χ1n) is 12.2. The molecular formula is C19H20FN9O10P2S2. The number of H-pyrrole nitrogens is 1. The van der Waals surface area contributed by atoms with E-state index in [-0.39, 0.29) is 28.0 Å². The van der Waals surface area contributed by atoms with Crippen molar-refractivity contribution in [2.24, 2.45) is 0 Å². The Morgan fingerprint density at radius 3 is 2.67 bits per heavy atom. The Labute approximate surface area is 248 Å². The van der Waals surface area contributed by atoms with Gasteiger partial charge in [0.05, 0.1) is 31.0 Å². The number of anilines is 1. The predicted molar refractivity (Wildman–Crippen MR) is 146 cm³/mol. The van der Waals surface area contributed by atoms with Gasteiger partial charge < -0.3 is 29.7 Å². The van der Waals surface area contributed by atoms with Crippen LogP contribution in [-0.2, 0) is 43.9 Å². The lowest BCUT2D eigenvalue weighted by Gasteiger charge is -2.29. The van der Waals surface area contributed by atoms with E-state index in [0.29, 0.717) is 0 Å². The molecule has 7 heterocycles. The van der Waals surface area contributed by atoms with Gasteiger partial charge in [-0.2, -0.15) is 5.10 Å². The number of rotatable bonds is 2. The van der Waals surface area contributed by atoms with Crippen LogP contribution >= 0.6 is 25.8 Å². The normalized spacial score (nSPS) is 38.6. The highest BCUT2D eigenvalue weighted by Gasteiger charge is 2.55. The number of thiol groups is 1. The number of halogens is 1. The van der Waals surface area contributed by atoms with Gasteiger partial charge in [0.25, 0.3) is 5.56 Å². The van der Waals surface area contributed by atoms with Crippen LogP contribution in [0.15, 0.2) is 30.0 Å². The Hall–Kier alpha value is -2.46. The van der Waals surface area contributed by atoms with Crippen molar-refractivity contribution in [1.82, 2.24) is 39.3 Å². The van der Waals surface area contributed by atoms with Gasteiger partial charge in [0, 0.05) is 0 Å². The number of ether oxygens (including phenoxy) is 2. The molecule has 3 aliphatic heterocycles. The Bertz CT molecular complexity index is 1880. The molecule has 4 aromatic rings. The topological polar surface area (TPSA) is 246 Å². The largest absolute Gasteiger partial charge is 0.388 e. The van der Waals surface area contributed by atoms with E-state index in [2.05, 4.69) is 42.4 Å². The van der Waals surface area contributed by atoms with E-state index in [1.165, 1.54) is 28.0 Å². The van der Waals surface area contributed by atoms with Crippen LogP contribution in [-0.4, -0.2) is 92.8 Å². The number of imidazole rings is 2. The van der Waals surface area contributed by atoms with Crippen molar-refractivity contribution >= 4 is 65.6 Å². The molecule has 3 fully saturated rings. The zero-order chi connectivity index (χ0) is 30.3. The Morgan fingerprint density at radius 2 is 1.86 bits per heavy atom. The maximum Gasteiger partial charge on any atom is 0.388 e. The van der Waals surface area contributed by atoms with Crippen LogP contribution in [0.25, 0.3) is 22.2 Å². The van der Waals surface area contributed by atoms with E-state index in [4.69, 9.17) is 45.1 Å². The summed E-state index contributed by atoms with van der Waals surface area (Å²) in [5.74, 6) is 0.0493. The maximum absolute atomic E-state index is 16.0. The summed E-state index contributed by atoms with van der Waals surface area (Å²) in [7, 11) is 0. The van der Waals surface area contributed by atoms with Crippen molar-refractivity contribution in [3.05, 3.63) is 35.5 Å². The highest BCUT2D eigenvalue weighted by molar-refractivity contribution is 8.44. The van der Waals surface area contributed by atoms with E-state index in [0.717, 1.165) is 6.33 Å². The molecule has 10 atom stereocenters. The number of nitrogens with zero attached hydrogens (tertiary/aromatic N) is 7. The summed E-state index contributed by atoms with van der Waals surface area (Å²) in [6.45, 7) is -9.40. The Balaban J connectivity index is 1.22. The third kappa shape index (κ3) is 5.10. The van der Waals surface area contributed by atoms with Gasteiger partial charge in [-0.05, 0) is 11.8 Å². The van der Waals surface area contributed by atoms with Crippen molar-refractivity contribution in [2.45, 2.75) is 49.3 Å². The number of nitrogen functional groups attached to an aromatic ring is 1. The molecule has 230 valence electrons. The lowest BCUT2D eigenvalue weighted by atomic mass is 10.1. The van der Waals surface area contributed by atoms with E-state index in [1.807, 2.05) is 0 Å². The molecule has 3 saturated heterocycles. The molecule has 24 heteroatoms. The molecule has 7 rings (SSSR count). The van der Waals surface area contributed by atoms with Crippen LogP contribution in [0.2, 0.25) is 0 Å². The number of aliphatic hydroxyl groups excluding tert-OH is 1.